The lowest BCUT2D eigenvalue weighted by Crippen LogP contribution is -2.28. The van der Waals surface area contributed by atoms with E-state index in [2.05, 4.69) is 15.9 Å². The first-order valence-corrected chi connectivity index (χ1v) is 9.83. The number of hydrogen-bond acceptors (Lipinski definition) is 5. The van der Waals surface area contributed by atoms with Gasteiger partial charge in [-0.3, -0.25) is 9.59 Å². The number of amides is 1. The van der Waals surface area contributed by atoms with Crippen LogP contribution in [0.1, 0.15) is 22.2 Å². The summed E-state index contributed by atoms with van der Waals surface area (Å²) < 4.78 is 6.21. The van der Waals surface area contributed by atoms with Crippen LogP contribution in [0.15, 0.2) is 74.6 Å². The van der Waals surface area contributed by atoms with Gasteiger partial charge in [-0.2, -0.15) is 0 Å². The Labute approximate surface area is 167 Å². The lowest BCUT2D eigenvalue weighted by molar-refractivity contribution is -0.140. The third-order valence-electron chi connectivity index (χ3n) is 4.38. The first-order chi connectivity index (χ1) is 13.1. The van der Waals surface area contributed by atoms with Crippen molar-refractivity contribution in [2.75, 3.05) is 0 Å². The summed E-state index contributed by atoms with van der Waals surface area (Å²) in [5.74, 6) is -0.952. The molecule has 1 amide bonds. The van der Waals surface area contributed by atoms with Gasteiger partial charge in [-0.25, -0.2) is 0 Å². The second kappa shape index (κ2) is 7.17. The fraction of sp³-hybridized carbons (Fsp3) is 0.100. The van der Waals surface area contributed by atoms with Crippen molar-refractivity contribution < 1.29 is 19.1 Å². The van der Waals surface area contributed by atoms with Crippen molar-refractivity contribution in [2.24, 2.45) is 0 Å². The zero-order valence-electron chi connectivity index (χ0n) is 14.0. The molecule has 1 fully saturated rings. The van der Waals surface area contributed by atoms with Crippen LogP contribution < -0.4 is 0 Å². The number of aliphatic hydroxyl groups excluding tert-OH is 1. The zero-order chi connectivity index (χ0) is 19.0. The van der Waals surface area contributed by atoms with E-state index in [1.165, 1.54) is 22.5 Å². The molecule has 7 heteroatoms. The molecular formula is C20H14BrNO4S. The lowest BCUT2D eigenvalue weighted by Gasteiger charge is -2.23. The molecule has 0 radical (unpaired) electrons. The topological polar surface area (TPSA) is 70.8 Å². The standard InChI is InChI=1S/C20H14BrNO4S/c21-13-7-5-12(6-8-13)18(23)16-17(15-4-2-10-27-15)22(20(25)19(16)24)11-14-3-1-9-26-14/h1-10,17,23H,11H2/b18-16+. The van der Waals surface area contributed by atoms with E-state index in [-0.39, 0.29) is 17.9 Å². The second-order valence-corrected chi connectivity index (χ2v) is 7.92. The average molecular weight is 444 g/mol. The Morgan fingerprint density at radius 2 is 1.93 bits per heavy atom. The van der Waals surface area contributed by atoms with Gasteiger partial charge in [0.25, 0.3) is 11.7 Å². The van der Waals surface area contributed by atoms with Crippen LogP contribution in [0.4, 0.5) is 0 Å². The molecule has 0 bridgehead atoms. The maximum Gasteiger partial charge on any atom is 0.296 e. The van der Waals surface area contributed by atoms with Gasteiger partial charge in [0, 0.05) is 14.9 Å². The Hall–Kier alpha value is -2.64. The second-order valence-electron chi connectivity index (χ2n) is 6.03. The van der Waals surface area contributed by atoms with Crippen LogP contribution >= 0.6 is 27.3 Å². The summed E-state index contributed by atoms with van der Waals surface area (Å²) in [6.45, 7) is 0.150. The van der Waals surface area contributed by atoms with E-state index < -0.39 is 17.7 Å². The molecule has 1 aromatic carbocycles. The van der Waals surface area contributed by atoms with Crippen LogP contribution in [0.3, 0.4) is 0 Å². The first-order valence-electron chi connectivity index (χ1n) is 8.16. The number of Topliss-reactive ketones (excluding diaryl/α,β-unsaturated/α-hetero) is 1. The highest BCUT2D eigenvalue weighted by molar-refractivity contribution is 9.10. The number of halogens is 1. The van der Waals surface area contributed by atoms with Gasteiger partial charge >= 0.3 is 0 Å². The molecule has 1 aliphatic heterocycles. The maximum absolute atomic E-state index is 12.8. The number of likely N-dealkylation sites (tertiary alicyclic amines) is 1. The van der Waals surface area contributed by atoms with Gasteiger partial charge in [-0.05, 0) is 35.7 Å². The van der Waals surface area contributed by atoms with E-state index in [1.54, 1.807) is 36.4 Å². The van der Waals surface area contributed by atoms with E-state index in [1.807, 2.05) is 17.5 Å². The number of ketones is 1. The minimum absolute atomic E-state index is 0.0938. The number of rotatable bonds is 4. The van der Waals surface area contributed by atoms with Gasteiger partial charge in [-0.1, -0.05) is 34.1 Å². The van der Waals surface area contributed by atoms with Gasteiger partial charge < -0.3 is 14.4 Å². The summed E-state index contributed by atoms with van der Waals surface area (Å²) in [7, 11) is 0. The number of carbonyl (C=O) groups is 2. The molecule has 4 rings (SSSR count). The third kappa shape index (κ3) is 3.24. The van der Waals surface area contributed by atoms with E-state index >= 15 is 0 Å². The highest BCUT2D eigenvalue weighted by atomic mass is 79.9. The summed E-state index contributed by atoms with van der Waals surface area (Å²) in [5, 5.41) is 12.7. The van der Waals surface area contributed by atoms with E-state index in [0.29, 0.717) is 11.3 Å². The molecule has 1 aliphatic rings. The Balaban J connectivity index is 1.83. The molecule has 3 heterocycles. The van der Waals surface area contributed by atoms with Crippen LogP contribution in [-0.4, -0.2) is 21.7 Å². The molecule has 2 aromatic heterocycles. The van der Waals surface area contributed by atoms with Crippen LogP contribution in [0.5, 0.6) is 0 Å². The third-order valence-corrected chi connectivity index (χ3v) is 5.83. The first kappa shape index (κ1) is 17.8. The zero-order valence-corrected chi connectivity index (χ0v) is 16.4. The Bertz CT molecular complexity index is 1010. The van der Waals surface area contributed by atoms with Gasteiger partial charge in [-0.15, -0.1) is 11.3 Å². The number of benzene rings is 1. The smallest absolute Gasteiger partial charge is 0.296 e. The summed E-state index contributed by atoms with van der Waals surface area (Å²) in [6, 6.07) is 13.5. The highest BCUT2D eigenvalue weighted by Crippen LogP contribution is 2.41. The van der Waals surface area contributed by atoms with Crippen LogP contribution in [0, 0.1) is 0 Å². The predicted molar refractivity (Wildman–Crippen MR) is 105 cm³/mol. The quantitative estimate of drug-likeness (QED) is 0.359. The largest absolute Gasteiger partial charge is 0.507 e. The van der Waals surface area contributed by atoms with Gasteiger partial charge in [0.05, 0.1) is 18.4 Å². The van der Waals surface area contributed by atoms with Gasteiger partial charge in [0.15, 0.2) is 0 Å². The van der Waals surface area contributed by atoms with Crippen molar-refractivity contribution in [1.82, 2.24) is 4.90 Å². The SMILES string of the molecule is O=C1C(=O)N(Cc2ccco2)C(c2cccs2)/C1=C(\O)c1ccc(Br)cc1. The molecular weight excluding hydrogens is 430 g/mol. The molecule has 0 spiro atoms. The molecule has 0 saturated carbocycles. The van der Waals surface area contributed by atoms with E-state index in [9.17, 15) is 14.7 Å². The normalized spacial score (nSPS) is 19.0. The van der Waals surface area contributed by atoms with Crippen molar-refractivity contribution >= 4 is 44.7 Å². The van der Waals surface area contributed by atoms with Crippen LogP contribution in [-0.2, 0) is 16.1 Å². The number of carbonyl (C=O) groups excluding carboxylic acids is 2. The molecule has 1 atom stereocenters. The molecule has 0 aliphatic carbocycles. The fourth-order valence-electron chi connectivity index (χ4n) is 3.12. The molecule has 27 heavy (non-hydrogen) atoms. The Kier molecular flexibility index (Phi) is 4.72. The number of nitrogens with zero attached hydrogens (tertiary/aromatic N) is 1. The van der Waals surface area contributed by atoms with E-state index in [0.717, 1.165) is 9.35 Å². The van der Waals surface area contributed by atoms with Crippen molar-refractivity contribution in [1.29, 1.82) is 0 Å². The maximum atomic E-state index is 12.8. The summed E-state index contributed by atoms with van der Waals surface area (Å²) >= 11 is 4.78. The van der Waals surface area contributed by atoms with Crippen molar-refractivity contribution in [3.63, 3.8) is 0 Å². The molecule has 5 nitrogen and oxygen atoms in total. The Morgan fingerprint density at radius 3 is 2.56 bits per heavy atom. The monoisotopic (exact) mass is 443 g/mol. The summed E-state index contributed by atoms with van der Waals surface area (Å²) in [4.78, 5) is 27.8. The molecule has 1 unspecified atom stereocenters. The Morgan fingerprint density at radius 1 is 1.15 bits per heavy atom. The summed E-state index contributed by atoms with van der Waals surface area (Å²) in [5.41, 5.74) is 0.576. The lowest BCUT2D eigenvalue weighted by atomic mass is 10.00. The number of aliphatic hydroxyl groups is 1. The van der Waals surface area contributed by atoms with Gasteiger partial charge in [0.1, 0.15) is 17.6 Å². The van der Waals surface area contributed by atoms with Crippen molar-refractivity contribution in [3.05, 3.63) is 86.4 Å². The number of thiophene rings is 1. The molecule has 1 N–H and O–H groups in total. The summed E-state index contributed by atoms with van der Waals surface area (Å²) in [6.07, 6.45) is 1.52. The van der Waals surface area contributed by atoms with Gasteiger partial charge in [0.2, 0.25) is 0 Å². The van der Waals surface area contributed by atoms with Crippen molar-refractivity contribution in [2.45, 2.75) is 12.6 Å². The fourth-order valence-corrected chi connectivity index (χ4v) is 4.23. The van der Waals surface area contributed by atoms with E-state index in [4.69, 9.17) is 4.42 Å². The highest BCUT2D eigenvalue weighted by Gasteiger charge is 2.46. The minimum Gasteiger partial charge on any atom is -0.507 e. The van der Waals surface area contributed by atoms with Crippen LogP contribution in [0.25, 0.3) is 5.76 Å². The number of furan rings is 1. The minimum atomic E-state index is -0.694. The molecule has 136 valence electrons. The number of hydrogen-bond donors (Lipinski definition) is 1. The average Bonchev–Trinajstić information content (AvgIpc) is 3.40. The molecule has 3 aromatic rings. The van der Waals surface area contributed by atoms with Crippen molar-refractivity contribution in [3.8, 4) is 0 Å². The van der Waals surface area contributed by atoms with Crippen LogP contribution in [0.2, 0.25) is 0 Å². The predicted octanol–water partition coefficient (Wildman–Crippen LogP) is 4.73. The molecule has 1 saturated heterocycles.